The van der Waals surface area contributed by atoms with Crippen LogP contribution in [0.5, 0.6) is 0 Å². The van der Waals surface area contributed by atoms with Gasteiger partial charge in [-0.2, -0.15) is 0 Å². The van der Waals surface area contributed by atoms with Crippen LogP contribution in [0, 0.1) is 11.3 Å². The number of aliphatic imine (C=N–C) groups is 1. The highest BCUT2D eigenvalue weighted by Crippen LogP contribution is 2.44. The highest BCUT2D eigenvalue weighted by Gasteiger charge is 2.47. The number of nitrogens with zero attached hydrogens (tertiary/aromatic N) is 1. The minimum absolute atomic E-state index is 0.0811. The molecule has 1 aliphatic rings. The zero-order valence-electron chi connectivity index (χ0n) is 15.8. The Hall–Kier alpha value is -1.85. The molecule has 27 heavy (non-hydrogen) atoms. The van der Waals surface area contributed by atoms with Crippen LogP contribution in [-0.2, 0) is 14.3 Å². The number of carbonyl (C=O) groups excluding carboxylic acids is 2. The van der Waals surface area contributed by atoms with Gasteiger partial charge >= 0.3 is 5.97 Å². The number of Topliss-reactive ketones (excluding diaryl/α,β-unsaturated/α-hetero) is 1. The number of ether oxygens (including phenoxy) is 1. The standard InChI is InChI=1S/C20H23Cl2NO4/c1-5-6-15(24)16-14(23-13-8-7-11(21)9-12(13)22)10-20(2,3)17(18(16)25)19(26)27-4/h7-9,17,25H,5-6,10H2,1-4H3/t17-/m1/s1. The van der Waals surface area contributed by atoms with Crippen molar-refractivity contribution < 1.29 is 19.4 Å². The molecule has 2 rings (SSSR count). The van der Waals surface area contributed by atoms with Crippen LogP contribution in [0.1, 0.15) is 40.0 Å². The van der Waals surface area contributed by atoms with Crippen molar-refractivity contribution in [1.82, 2.24) is 0 Å². The Balaban J connectivity index is 2.67. The van der Waals surface area contributed by atoms with Crippen LogP contribution in [0.15, 0.2) is 34.5 Å². The van der Waals surface area contributed by atoms with E-state index in [2.05, 4.69) is 4.99 Å². The van der Waals surface area contributed by atoms with Gasteiger partial charge in [0.1, 0.15) is 11.7 Å². The number of hydrogen-bond donors (Lipinski definition) is 1. The van der Waals surface area contributed by atoms with E-state index in [0.29, 0.717) is 34.3 Å². The van der Waals surface area contributed by atoms with Gasteiger partial charge in [-0.15, -0.1) is 0 Å². The molecule has 0 spiro atoms. The van der Waals surface area contributed by atoms with Gasteiger partial charge in [0.15, 0.2) is 5.78 Å². The summed E-state index contributed by atoms with van der Waals surface area (Å²) >= 11 is 12.1. The first kappa shape index (κ1) is 21.5. The smallest absolute Gasteiger partial charge is 0.316 e. The number of hydrogen-bond acceptors (Lipinski definition) is 5. The SMILES string of the molecule is CCCC(=O)C1=C(O)[C@H](C(=O)OC)C(C)(C)CC1=Nc1ccc(Cl)cc1Cl. The summed E-state index contributed by atoms with van der Waals surface area (Å²) in [6, 6.07) is 4.86. The molecule has 0 unspecified atom stereocenters. The fourth-order valence-electron chi connectivity index (χ4n) is 3.30. The number of methoxy groups -OCH3 is 1. The lowest BCUT2D eigenvalue weighted by Gasteiger charge is -2.37. The number of carbonyl (C=O) groups is 2. The van der Waals surface area contributed by atoms with Crippen molar-refractivity contribution in [2.75, 3.05) is 7.11 Å². The molecule has 146 valence electrons. The second-order valence-electron chi connectivity index (χ2n) is 7.21. The molecule has 1 N–H and O–H groups in total. The van der Waals surface area contributed by atoms with Gasteiger partial charge in [0.25, 0.3) is 0 Å². The van der Waals surface area contributed by atoms with E-state index in [9.17, 15) is 14.7 Å². The van der Waals surface area contributed by atoms with Crippen LogP contribution in [0.2, 0.25) is 10.0 Å². The van der Waals surface area contributed by atoms with E-state index in [1.807, 2.05) is 20.8 Å². The van der Waals surface area contributed by atoms with Gasteiger partial charge in [0.05, 0.1) is 29.1 Å². The summed E-state index contributed by atoms with van der Waals surface area (Å²) in [6.45, 7) is 5.52. The third-order valence-corrected chi connectivity index (χ3v) is 5.12. The molecule has 0 saturated carbocycles. The van der Waals surface area contributed by atoms with Gasteiger partial charge in [0, 0.05) is 11.4 Å². The molecule has 0 heterocycles. The van der Waals surface area contributed by atoms with Crippen LogP contribution in [0.3, 0.4) is 0 Å². The third-order valence-electron chi connectivity index (χ3n) is 4.58. The fourth-order valence-corrected chi connectivity index (χ4v) is 3.75. The zero-order chi connectivity index (χ0) is 20.4. The Morgan fingerprint density at radius 1 is 1.33 bits per heavy atom. The Labute approximate surface area is 169 Å². The van der Waals surface area contributed by atoms with Gasteiger partial charge in [-0.1, -0.05) is 44.0 Å². The molecular weight excluding hydrogens is 389 g/mol. The molecular formula is C20H23Cl2NO4. The van der Waals surface area contributed by atoms with E-state index >= 15 is 0 Å². The topological polar surface area (TPSA) is 76.0 Å². The molecule has 1 aromatic rings. The predicted molar refractivity (Wildman–Crippen MR) is 107 cm³/mol. The fraction of sp³-hybridized carbons (Fsp3) is 0.450. The van der Waals surface area contributed by atoms with Gasteiger partial charge in [-0.25, -0.2) is 0 Å². The van der Waals surface area contributed by atoms with Gasteiger partial charge in [-0.05, 0) is 36.5 Å². The second-order valence-corrected chi connectivity index (χ2v) is 8.05. The highest BCUT2D eigenvalue weighted by atomic mass is 35.5. The number of ketones is 1. The zero-order valence-corrected chi connectivity index (χ0v) is 17.3. The molecule has 0 amide bonds. The lowest BCUT2D eigenvalue weighted by Crippen LogP contribution is -2.41. The Kier molecular flexibility index (Phi) is 6.71. The lowest BCUT2D eigenvalue weighted by atomic mass is 9.67. The summed E-state index contributed by atoms with van der Waals surface area (Å²) in [6.07, 6.45) is 1.15. The maximum Gasteiger partial charge on any atom is 0.316 e. The van der Waals surface area contributed by atoms with Crippen molar-refractivity contribution in [3.63, 3.8) is 0 Å². The van der Waals surface area contributed by atoms with Crippen molar-refractivity contribution in [2.24, 2.45) is 16.3 Å². The maximum absolute atomic E-state index is 12.7. The maximum atomic E-state index is 12.7. The van der Waals surface area contributed by atoms with E-state index in [1.165, 1.54) is 7.11 Å². The minimum Gasteiger partial charge on any atom is -0.511 e. The summed E-state index contributed by atoms with van der Waals surface area (Å²) in [7, 11) is 1.26. The van der Waals surface area contributed by atoms with E-state index in [-0.39, 0.29) is 23.5 Å². The predicted octanol–water partition coefficient (Wildman–Crippen LogP) is 5.47. The minimum atomic E-state index is -0.932. The van der Waals surface area contributed by atoms with E-state index < -0.39 is 17.3 Å². The number of esters is 1. The molecule has 5 nitrogen and oxygen atoms in total. The molecule has 0 aromatic heterocycles. The molecule has 1 aliphatic carbocycles. The Bertz CT molecular complexity index is 827. The van der Waals surface area contributed by atoms with E-state index in [4.69, 9.17) is 27.9 Å². The number of allylic oxidation sites excluding steroid dienone is 1. The first-order valence-electron chi connectivity index (χ1n) is 8.69. The molecule has 7 heteroatoms. The van der Waals surface area contributed by atoms with Crippen LogP contribution >= 0.6 is 23.2 Å². The third kappa shape index (κ3) is 4.53. The molecule has 0 saturated heterocycles. The van der Waals surface area contributed by atoms with E-state index in [0.717, 1.165) is 0 Å². The summed E-state index contributed by atoms with van der Waals surface area (Å²) in [5, 5.41) is 11.7. The first-order chi connectivity index (χ1) is 12.6. The molecule has 0 fully saturated rings. The van der Waals surface area contributed by atoms with E-state index in [1.54, 1.807) is 18.2 Å². The monoisotopic (exact) mass is 411 g/mol. The van der Waals surface area contributed by atoms with Crippen LogP contribution in [-0.4, -0.2) is 29.7 Å². The largest absolute Gasteiger partial charge is 0.511 e. The summed E-state index contributed by atoms with van der Waals surface area (Å²) in [5.74, 6) is -2.07. The average Bonchev–Trinajstić information content (AvgIpc) is 2.56. The molecule has 0 aliphatic heterocycles. The molecule has 1 atom stereocenters. The molecule has 0 radical (unpaired) electrons. The summed E-state index contributed by atoms with van der Waals surface area (Å²) in [5.41, 5.74) is 0.237. The van der Waals surface area contributed by atoms with Gasteiger partial charge in [-0.3, -0.25) is 14.6 Å². The van der Waals surface area contributed by atoms with Crippen LogP contribution in [0.25, 0.3) is 0 Å². The van der Waals surface area contributed by atoms with Crippen molar-refractivity contribution >= 4 is 46.4 Å². The number of aliphatic hydroxyl groups is 1. The first-order valence-corrected chi connectivity index (χ1v) is 9.45. The van der Waals surface area contributed by atoms with Crippen LogP contribution in [0.4, 0.5) is 5.69 Å². The average molecular weight is 412 g/mol. The van der Waals surface area contributed by atoms with Crippen molar-refractivity contribution in [2.45, 2.75) is 40.0 Å². The normalized spacial score (nSPS) is 20.7. The van der Waals surface area contributed by atoms with Crippen molar-refractivity contribution in [3.05, 3.63) is 39.6 Å². The number of aliphatic hydroxyl groups excluding tert-OH is 1. The summed E-state index contributed by atoms with van der Waals surface area (Å²) < 4.78 is 4.85. The number of rotatable bonds is 5. The quantitative estimate of drug-likeness (QED) is 0.651. The molecule has 1 aromatic carbocycles. The summed E-state index contributed by atoms with van der Waals surface area (Å²) in [4.78, 5) is 29.5. The Morgan fingerprint density at radius 3 is 2.56 bits per heavy atom. The van der Waals surface area contributed by atoms with Crippen LogP contribution < -0.4 is 0 Å². The van der Waals surface area contributed by atoms with Crippen molar-refractivity contribution in [1.29, 1.82) is 0 Å². The highest BCUT2D eigenvalue weighted by molar-refractivity contribution is 6.36. The van der Waals surface area contributed by atoms with Crippen molar-refractivity contribution in [3.8, 4) is 0 Å². The van der Waals surface area contributed by atoms with Gasteiger partial charge < -0.3 is 9.84 Å². The second kappa shape index (κ2) is 8.44. The number of benzene rings is 1. The molecule has 0 bridgehead atoms. The van der Waals surface area contributed by atoms with Gasteiger partial charge in [0.2, 0.25) is 0 Å². The number of halogens is 2. The lowest BCUT2D eigenvalue weighted by molar-refractivity contribution is -0.149. The Morgan fingerprint density at radius 2 is 2.00 bits per heavy atom.